The lowest BCUT2D eigenvalue weighted by Crippen LogP contribution is -2.46. The first-order chi connectivity index (χ1) is 14.0. The summed E-state index contributed by atoms with van der Waals surface area (Å²) < 4.78 is 25.1. The van der Waals surface area contributed by atoms with Crippen LogP contribution in [-0.4, -0.2) is 13.7 Å². The number of fused-ring (bicyclic) bond motifs is 4. The van der Waals surface area contributed by atoms with E-state index in [4.69, 9.17) is 9.47 Å². The van der Waals surface area contributed by atoms with Gasteiger partial charge in [-0.05, 0) is 53.1 Å². The van der Waals surface area contributed by atoms with Gasteiger partial charge in [0.1, 0.15) is 17.3 Å². The normalized spacial score (nSPS) is 21.1. The number of nitrogens with one attached hydrogen (secondary N) is 1. The fourth-order valence-corrected chi connectivity index (χ4v) is 4.80. The summed E-state index contributed by atoms with van der Waals surface area (Å²) in [6.07, 6.45) is 0. The Kier molecular flexibility index (Phi) is 4.05. The number of halogens is 1. The van der Waals surface area contributed by atoms with Gasteiger partial charge < -0.3 is 14.8 Å². The fourth-order valence-electron chi connectivity index (χ4n) is 4.80. The SMILES string of the molecule is COc1cccc2c1[C@H]1Nc3ccc(-c4ccc(F)cc4)cc3C(C)(C)[C@H]1CO2. The Morgan fingerprint density at radius 2 is 1.79 bits per heavy atom. The first-order valence-corrected chi connectivity index (χ1v) is 9.96. The van der Waals surface area contributed by atoms with Crippen molar-refractivity contribution in [2.75, 3.05) is 19.0 Å². The number of hydrogen-bond acceptors (Lipinski definition) is 3. The minimum atomic E-state index is -0.219. The van der Waals surface area contributed by atoms with Crippen LogP contribution in [0.1, 0.15) is 31.0 Å². The highest BCUT2D eigenvalue weighted by molar-refractivity contribution is 5.72. The molecule has 3 nitrogen and oxygen atoms in total. The first kappa shape index (κ1) is 18.0. The second-order valence-electron chi connectivity index (χ2n) is 8.40. The topological polar surface area (TPSA) is 30.5 Å². The van der Waals surface area contributed by atoms with Crippen molar-refractivity contribution in [3.63, 3.8) is 0 Å². The molecule has 0 aliphatic carbocycles. The van der Waals surface area contributed by atoms with Crippen molar-refractivity contribution in [2.24, 2.45) is 5.92 Å². The Bertz CT molecular complexity index is 1060. The van der Waals surface area contributed by atoms with Crippen molar-refractivity contribution in [2.45, 2.75) is 25.3 Å². The molecule has 4 heteroatoms. The molecule has 5 rings (SSSR count). The summed E-state index contributed by atoms with van der Waals surface area (Å²) in [5, 5.41) is 3.75. The summed E-state index contributed by atoms with van der Waals surface area (Å²) in [6, 6.07) is 19.2. The lowest BCUT2D eigenvalue weighted by Gasteiger charge is -2.48. The van der Waals surface area contributed by atoms with Crippen molar-refractivity contribution in [3.05, 3.63) is 77.6 Å². The van der Waals surface area contributed by atoms with Crippen molar-refractivity contribution in [1.82, 2.24) is 0 Å². The highest BCUT2D eigenvalue weighted by Crippen LogP contribution is 2.54. The Balaban J connectivity index is 1.61. The fraction of sp³-hybridized carbons (Fsp3) is 0.280. The smallest absolute Gasteiger partial charge is 0.128 e. The van der Waals surface area contributed by atoms with Gasteiger partial charge in [-0.15, -0.1) is 0 Å². The Labute approximate surface area is 170 Å². The molecule has 0 saturated heterocycles. The molecule has 148 valence electrons. The number of ether oxygens (including phenoxy) is 2. The van der Waals surface area contributed by atoms with Gasteiger partial charge in [-0.2, -0.15) is 0 Å². The molecular weight excluding hydrogens is 365 g/mol. The predicted molar refractivity (Wildman–Crippen MR) is 113 cm³/mol. The summed E-state index contributed by atoms with van der Waals surface area (Å²) in [5.74, 6) is 1.78. The molecule has 2 aliphatic rings. The van der Waals surface area contributed by atoms with Gasteiger partial charge in [0.2, 0.25) is 0 Å². The molecule has 2 aliphatic heterocycles. The van der Waals surface area contributed by atoms with Gasteiger partial charge in [0.15, 0.2) is 0 Å². The third kappa shape index (κ3) is 2.78. The number of hydrogen-bond donors (Lipinski definition) is 1. The minimum Gasteiger partial charge on any atom is -0.496 e. The van der Waals surface area contributed by atoms with E-state index in [9.17, 15) is 4.39 Å². The van der Waals surface area contributed by atoms with Gasteiger partial charge in [0.05, 0.1) is 25.3 Å². The Hall–Kier alpha value is -3.01. The van der Waals surface area contributed by atoms with E-state index < -0.39 is 0 Å². The van der Waals surface area contributed by atoms with E-state index in [0.29, 0.717) is 6.61 Å². The van der Waals surface area contributed by atoms with Gasteiger partial charge in [-0.3, -0.25) is 0 Å². The zero-order chi connectivity index (χ0) is 20.2. The van der Waals surface area contributed by atoms with Crippen molar-refractivity contribution < 1.29 is 13.9 Å². The van der Waals surface area contributed by atoms with Crippen LogP contribution in [0.5, 0.6) is 11.5 Å². The average molecular weight is 389 g/mol. The molecule has 3 aromatic carbocycles. The molecule has 0 amide bonds. The van der Waals surface area contributed by atoms with Crippen molar-refractivity contribution in [3.8, 4) is 22.6 Å². The third-order valence-electron chi connectivity index (χ3n) is 6.51. The average Bonchev–Trinajstić information content (AvgIpc) is 2.73. The molecule has 2 atom stereocenters. The molecule has 0 fully saturated rings. The number of rotatable bonds is 2. The summed E-state index contributed by atoms with van der Waals surface area (Å²) >= 11 is 0. The molecule has 0 aromatic heterocycles. The molecule has 0 spiro atoms. The molecule has 0 unspecified atom stereocenters. The zero-order valence-electron chi connectivity index (χ0n) is 16.8. The standard InChI is InChI=1S/C25H24FNO2/c1-25(2)18-13-16(15-7-10-17(26)11-8-15)9-12-20(18)27-24-19(25)14-29-22-6-4-5-21(28-3)23(22)24/h4-13,19,24,27H,14H2,1-3H3/t19-,24-/m0/s1. The molecule has 29 heavy (non-hydrogen) atoms. The van der Waals surface area contributed by atoms with Crippen LogP contribution in [0.25, 0.3) is 11.1 Å². The van der Waals surface area contributed by atoms with Gasteiger partial charge in [0.25, 0.3) is 0 Å². The first-order valence-electron chi connectivity index (χ1n) is 9.96. The van der Waals surface area contributed by atoms with Crippen LogP contribution in [0, 0.1) is 11.7 Å². The zero-order valence-corrected chi connectivity index (χ0v) is 16.8. The minimum absolute atomic E-state index is 0.111. The quantitative estimate of drug-likeness (QED) is 0.587. The van der Waals surface area contributed by atoms with Crippen LogP contribution in [0.4, 0.5) is 10.1 Å². The molecular formula is C25H24FNO2. The molecule has 3 aromatic rings. The van der Waals surface area contributed by atoms with E-state index in [2.05, 4.69) is 37.4 Å². The highest BCUT2D eigenvalue weighted by atomic mass is 19.1. The Morgan fingerprint density at radius 1 is 1.03 bits per heavy atom. The third-order valence-corrected chi connectivity index (χ3v) is 6.51. The maximum atomic E-state index is 13.3. The van der Waals surface area contributed by atoms with Crippen molar-refractivity contribution in [1.29, 1.82) is 0 Å². The Morgan fingerprint density at radius 3 is 2.55 bits per heavy atom. The van der Waals surface area contributed by atoms with E-state index in [0.717, 1.165) is 33.9 Å². The second kappa shape index (κ2) is 6.51. The van der Waals surface area contributed by atoms with Gasteiger partial charge >= 0.3 is 0 Å². The molecule has 0 bridgehead atoms. The van der Waals surface area contributed by atoms with Crippen LogP contribution in [0.2, 0.25) is 0 Å². The van der Waals surface area contributed by atoms with Gasteiger partial charge in [-0.1, -0.05) is 38.1 Å². The second-order valence-corrected chi connectivity index (χ2v) is 8.40. The molecule has 0 saturated carbocycles. The maximum absolute atomic E-state index is 13.3. The lowest BCUT2D eigenvalue weighted by atomic mass is 9.65. The molecule has 2 heterocycles. The summed E-state index contributed by atoms with van der Waals surface area (Å²) in [7, 11) is 1.70. The summed E-state index contributed by atoms with van der Waals surface area (Å²) in [4.78, 5) is 0. The van der Waals surface area contributed by atoms with Crippen molar-refractivity contribution >= 4 is 5.69 Å². The number of anilines is 1. The number of methoxy groups -OCH3 is 1. The maximum Gasteiger partial charge on any atom is 0.128 e. The largest absolute Gasteiger partial charge is 0.496 e. The van der Waals surface area contributed by atoms with E-state index in [-0.39, 0.29) is 23.2 Å². The van der Waals surface area contributed by atoms with Gasteiger partial charge in [-0.25, -0.2) is 4.39 Å². The van der Waals surface area contributed by atoms with Gasteiger partial charge in [0, 0.05) is 17.0 Å². The monoisotopic (exact) mass is 389 g/mol. The predicted octanol–water partition coefficient (Wildman–Crippen LogP) is 5.95. The highest BCUT2D eigenvalue weighted by Gasteiger charge is 2.47. The van der Waals surface area contributed by atoms with Crippen LogP contribution in [0.3, 0.4) is 0 Å². The van der Waals surface area contributed by atoms with E-state index in [1.807, 2.05) is 30.3 Å². The number of benzene rings is 3. The van der Waals surface area contributed by atoms with E-state index >= 15 is 0 Å². The molecule has 0 radical (unpaired) electrons. The molecule has 1 N–H and O–H groups in total. The van der Waals surface area contributed by atoms with E-state index in [1.165, 1.54) is 17.7 Å². The van der Waals surface area contributed by atoms with Crippen LogP contribution in [0.15, 0.2) is 60.7 Å². The summed E-state index contributed by atoms with van der Waals surface area (Å²) in [5.41, 5.74) is 5.46. The summed E-state index contributed by atoms with van der Waals surface area (Å²) in [6.45, 7) is 5.20. The van der Waals surface area contributed by atoms with Crippen LogP contribution < -0.4 is 14.8 Å². The van der Waals surface area contributed by atoms with Crippen LogP contribution in [-0.2, 0) is 5.41 Å². The van der Waals surface area contributed by atoms with Crippen LogP contribution >= 0.6 is 0 Å². The van der Waals surface area contributed by atoms with E-state index in [1.54, 1.807) is 7.11 Å². The lowest BCUT2D eigenvalue weighted by molar-refractivity contribution is 0.133.